The second-order valence-electron chi connectivity index (χ2n) is 10.2. The second-order valence-corrected chi connectivity index (χ2v) is 10.5. The van der Waals surface area contributed by atoms with Crippen LogP contribution in [0.25, 0.3) is 10.9 Å². The number of aromatic amines is 1. The fraction of sp³-hybridized carbons (Fsp3) is 0.393. The quantitative estimate of drug-likeness (QED) is 0.477. The highest BCUT2D eigenvalue weighted by atomic mass is 32.1. The van der Waals surface area contributed by atoms with Crippen molar-refractivity contribution >= 4 is 45.7 Å². The number of nitrogens with one attached hydrogen (secondary N) is 2. The fourth-order valence-electron chi connectivity index (χ4n) is 5.61. The van der Waals surface area contributed by atoms with Crippen LogP contribution in [0.5, 0.6) is 0 Å². The average molecular weight is 502 g/mol. The van der Waals surface area contributed by atoms with Crippen LogP contribution in [-0.4, -0.2) is 67.8 Å². The summed E-state index contributed by atoms with van der Waals surface area (Å²) in [6.07, 6.45) is 5.83. The molecule has 36 heavy (non-hydrogen) atoms. The lowest BCUT2D eigenvalue weighted by Crippen LogP contribution is -2.49. The summed E-state index contributed by atoms with van der Waals surface area (Å²) in [4.78, 5) is 36.1. The standard InChI is InChI=1S/C28H31N5O2S/c34-26(30-21-7-6-20-10-13-29-24(20)16-21)17-25-27(35)33(22-8-9-22)28(36)32(25)23-11-14-31(15-12-23)18-19-4-2-1-3-5-19/h1-7,10,13,16,22-23,25,29H,8-9,11-12,14-15,17-18H2,(H,30,34). The van der Waals surface area contributed by atoms with Gasteiger partial charge in [-0.25, -0.2) is 0 Å². The van der Waals surface area contributed by atoms with Gasteiger partial charge in [0.1, 0.15) is 6.04 Å². The number of aromatic nitrogens is 1. The van der Waals surface area contributed by atoms with E-state index in [9.17, 15) is 9.59 Å². The predicted octanol–water partition coefficient (Wildman–Crippen LogP) is 4.12. The number of hydrogen-bond donors (Lipinski definition) is 2. The molecule has 186 valence electrons. The Morgan fingerprint density at radius 2 is 1.78 bits per heavy atom. The number of thiocarbonyl (C=S) groups is 1. The number of piperidine rings is 1. The third kappa shape index (κ3) is 4.63. The summed E-state index contributed by atoms with van der Waals surface area (Å²) in [5.41, 5.74) is 3.01. The molecule has 1 atom stereocenters. The number of anilines is 1. The van der Waals surface area contributed by atoms with Crippen molar-refractivity contribution in [2.24, 2.45) is 0 Å². The molecule has 3 aliphatic rings. The van der Waals surface area contributed by atoms with Gasteiger partial charge in [-0.3, -0.25) is 19.4 Å². The van der Waals surface area contributed by atoms with E-state index < -0.39 is 6.04 Å². The molecule has 3 aromatic rings. The first-order valence-electron chi connectivity index (χ1n) is 12.9. The molecule has 2 aliphatic heterocycles. The molecule has 0 spiro atoms. The maximum atomic E-state index is 13.5. The van der Waals surface area contributed by atoms with Crippen LogP contribution in [0.2, 0.25) is 0 Å². The van der Waals surface area contributed by atoms with Gasteiger partial charge < -0.3 is 15.2 Å². The molecule has 8 heteroatoms. The SMILES string of the molecule is O=C(CC1C(=O)N(C2CC2)C(=S)N1C1CCN(Cc2ccccc2)CC1)Nc1ccc2cc[nH]c2c1. The molecule has 2 aromatic carbocycles. The Bertz CT molecular complexity index is 1280. The summed E-state index contributed by atoms with van der Waals surface area (Å²) < 4.78 is 0. The first kappa shape index (κ1) is 23.2. The van der Waals surface area contributed by atoms with Crippen LogP contribution in [-0.2, 0) is 16.1 Å². The van der Waals surface area contributed by atoms with Gasteiger partial charge in [0.25, 0.3) is 5.91 Å². The minimum atomic E-state index is -0.530. The van der Waals surface area contributed by atoms with Gasteiger partial charge in [0, 0.05) is 49.1 Å². The zero-order chi connectivity index (χ0) is 24.6. The van der Waals surface area contributed by atoms with Crippen LogP contribution in [0.1, 0.15) is 37.7 Å². The molecule has 2 N–H and O–H groups in total. The van der Waals surface area contributed by atoms with Crippen molar-refractivity contribution in [3.63, 3.8) is 0 Å². The van der Waals surface area contributed by atoms with Crippen molar-refractivity contribution < 1.29 is 9.59 Å². The molecule has 2 saturated heterocycles. The van der Waals surface area contributed by atoms with Crippen molar-refractivity contribution in [3.05, 3.63) is 66.4 Å². The van der Waals surface area contributed by atoms with E-state index in [-0.39, 0.29) is 30.3 Å². The Labute approximate surface area is 216 Å². The Hall–Kier alpha value is -3.23. The fourth-order valence-corrected chi connectivity index (χ4v) is 6.12. The average Bonchev–Trinajstić information content (AvgIpc) is 3.54. The number of carbonyl (C=O) groups is 2. The first-order valence-corrected chi connectivity index (χ1v) is 13.3. The molecule has 3 fully saturated rings. The topological polar surface area (TPSA) is 71.7 Å². The molecule has 7 nitrogen and oxygen atoms in total. The largest absolute Gasteiger partial charge is 0.361 e. The lowest BCUT2D eigenvalue weighted by molar-refractivity contribution is -0.131. The number of amides is 2. The molecule has 1 unspecified atom stereocenters. The predicted molar refractivity (Wildman–Crippen MR) is 144 cm³/mol. The molecule has 2 amide bonds. The van der Waals surface area contributed by atoms with Crippen molar-refractivity contribution in [1.82, 2.24) is 19.7 Å². The van der Waals surface area contributed by atoms with Gasteiger partial charge in [-0.2, -0.15) is 0 Å². The van der Waals surface area contributed by atoms with Gasteiger partial charge in [-0.15, -0.1) is 0 Å². The summed E-state index contributed by atoms with van der Waals surface area (Å²) in [5.74, 6) is -0.171. The van der Waals surface area contributed by atoms with Crippen molar-refractivity contribution in [3.8, 4) is 0 Å². The number of nitrogens with zero attached hydrogens (tertiary/aromatic N) is 3. The molecule has 1 aliphatic carbocycles. The Morgan fingerprint density at radius 1 is 1.00 bits per heavy atom. The summed E-state index contributed by atoms with van der Waals surface area (Å²) in [6, 6.07) is 18.2. The molecule has 1 saturated carbocycles. The highest BCUT2D eigenvalue weighted by Crippen LogP contribution is 2.36. The molecule has 1 aromatic heterocycles. The van der Waals surface area contributed by atoms with Crippen LogP contribution in [0.4, 0.5) is 5.69 Å². The zero-order valence-corrected chi connectivity index (χ0v) is 21.0. The molecule has 6 rings (SSSR count). The smallest absolute Gasteiger partial charge is 0.252 e. The van der Waals surface area contributed by atoms with Crippen molar-refractivity contribution in [2.75, 3.05) is 18.4 Å². The van der Waals surface area contributed by atoms with Crippen LogP contribution < -0.4 is 5.32 Å². The summed E-state index contributed by atoms with van der Waals surface area (Å²) >= 11 is 5.85. The van der Waals surface area contributed by atoms with Crippen LogP contribution in [0, 0.1) is 0 Å². The number of rotatable bonds is 7. The number of fused-ring (bicyclic) bond motifs is 1. The van der Waals surface area contributed by atoms with Gasteiger partial charge in [0.05, 0.1) is 6.42 Å². The second kappa shape index (κ2) is 9.67. The molecule has 0 radical (unpaired) electrons. The minimum Gasteiger partial charge on any atom is -0.361 e. The highest BCUT2D eigenvalue weighted by Gasteiger charge is 2.51. The van der Waals surface area contributed by atoms with E-state index in [1.807, 2.05) is 36.5 Å². The maximum Gasteiger partial charge on any atom is 0.252 e. The van der Waals surface area contributed by atoms with E-state index >= 15 is 0 Å². The van der Waals surface area contributed by atoms with Gasteiger partial charge in [-0.05, 0) is 67.0 Å². The normalized spacial score (nSPS) is 21.5. The first-order chi connectivity index (χ1) is 17.6. The van der Waals surface area contributed by atoms with Gasteiger partial charge in [-0.1, -0.05) is 36.4 Å². The van der Waals surface area contributed by atoms with E-state index in [2.05, 4.69) is 44.4 Å². The van der Waals surface area contributed by atoms with Crippen molar-refractivity contribution in [2.45, 2.75) is 56.8 Å². The van der Waals surface area contributed by atoms with E-state index in [1.165, 1.54) is 5.56 Å². The molecule has 3 heterocycles. The van der Waals surface area contributed by atoms with Crippen molar-refractivity contribution in [1.29, 1.82) is 0 Å². The van der Waals surface area contributed by atoms with E-state index in [4.69, 9.17) is 12.2 Å². The summed E-state index contributed by atoms with van der Waals surface area (Å²) in [7, 11) is 0. The zero-order valence-electron chi connectivity index (χ0n) is 20.2. The Balaban J connectivity index is 1.14. The lowest BCUT2D eigenvalue weighted by atomic mass is 10.00. The van der Waals surface area contributed by atoms with Gasteiger partial charge in [0.2, 0.25) is 5.91 Å². The van der Waals surface area contributed by atoms with Crippen LogP contribution >= 0.6 is 12.2 Å². The van der Waals surface area contributed by atoms with Gasteiger partial charge >= 0.3 is 0 Å². The molecular weight excluding hydrogens is 470 g/mol. The number of benzene rings is 2. The Morgan fingerprint density at radius 3 is 2.53 bits per heavy atom. The monoisotopic (exact) mass is 501 g/mol. The number of likely N-dealkylation sites (tertiary alicyclic amines) is 1. The van der Waals surface area contributed by atoms with E-state index in [0.717, 1.165) is 61.9 Å². The van der Waals surface area contributed by atoms with Crippen LogP contribution in [0.15, 0.2) is 60.8 Å². The van der Waals surface area contributed by atoms with E-state index in [0.29, 0.717) is 5.11 Å². The molecular formula is C28H31N5O2S. The number of hydrogen-bond acceptors (Lipinski definition) is 4. The van der Waals surface area contributed by atoms with E-state index in [1.54, 1.807) is 4.90 Å². The number of carbonyl (C=O) groups excluding carboxylic acids is 2. The summed E-state index contributed by atoms with van der Waals surface area (Å²) in [6.45, 7) is 2.83. The van der Waals surface area contributed by atoms with Crippen LogP contribution in [0.3, 0.4) is 0 Å². The Kier molecular flexibility index (Phi) is 6.23. The highest BCUT2D eigenvalue weighted by molar-refractivity contribution is 7.80. The maximum absolute atomic E-state index is 13.5. The minimum absolute atomic E-state index is 0.0100. The third-order valence-corrected chi connectivity index (χ3v) is 8.02. The lowest BCUT2D eigenvalue weighted by Gasteiger charge is -2.39. The summed E-state index contributed by atoms with van der Waals surface area (Å²) in [5, 5.41) is 4.71. The number of H-pyrrole nitrogens is 1. The van der Waals surface area contributed by atoms with Gasteiger partial charge in [0.15, 0.2) is 5.11 Å². The molecule has 0 bridgehead atoms. The third-order valence-electron chi connectivity index (χ3n) is 7.61.